The molecule has 0 fully saturated rings. The Balaban J connectivity index is 2.52. The van der Waals surface area contributed by atoms with Crippen molar-refractivity contribution >= 4 is 22.2 Å². The lowest BCUT2D eigenvalue weighted by Crippen LogP contribution is -1.83. The zero-order valence-electron chi connectivity index (χ0n) is 8.35. The molecule has 78 valence electrons. The topological polar surface area (TPSA) is 36.9 Å². The number of benzene rings is 1. The van der Waals surface area contributed by atoms with E-state index in [2.05, 4.69) is 6.07 Å². The number of nitrogens with zero attached hydrogens (tertiary/aromatic N) is 1. The van der Waals surface area contributed by atoms with Crippen molar-refractivity contribution in [2.45, 2.75) is 0 Å². The van der Waals surface area contributed by atoms with E-state index in [0.29, 0.717) is 16.2 Å². The van der Waals surface area contributed by atoms with Gasteiger partial charge in [0.05, 0.1) is 23.1 Å². The molecule has 2 aromatic rings. The molecule has 0 radical (unpaired) electrons. The normalized spacial score (nSPS) is 11.8. The summed E-state index contributed by atoms with van der Waals surface area (Å²) in [6.45, 7) is 0. The van der Waals surface area contributed by atoms with Crippen molar-refractivity contribution in [2.24, 2.45) is 0 Å². The number of rotatable bonds is 2. The second-order valence-corrected chi connectivity index (χ2v) is 3.56. The molecule has 0 amide bonds. The summed E-state index contributed by atoms with van der Waals surface area (Å²) in [6.07, 6.45) is 3.04. The van der Waals surface area contributed by atoms with Crippen molar-refractivity contribution in [2.75, 3.05) is 0 Å². The Labute approximate surface area is 98.4 Å². The van der Waals surface area contributed by atoms with Gasteiger partial charge >= 0.3 is 0 Å². The standard InChI is InChI=1S/C13H8ClNO/c14-13(11-6-7-16-9-11)12(8-15)10-4-2-1-3-5-10/h1-7,9H. The van der Waals surface area contributed by atoms with E-state index < -0.39 is 0 Å². The molecule has 1 heterocycles. The van der Waals surface area contributed by atoms with Crippen LogP contribution in [0.1, 0.15) is 11.1 Å². The Morgan fingerprint density at radius 2 is 1.88 bits per heavy atom. The van der Waals surface area contributed by atoms with Crippen LogP contribution in [0.2, 0.25) is 0 Å². The second kappa shape index (κ2) is 4.69. The number of hydrogen-bond donors (Lipinski definition) is 0. The predicted octanol–water partition coefficient (Wildman–Crippen LogP) is 3.91. The summed E-state index contributed by atoms with van der Waals surface area (Å²) in [4.78, 5) is 0. The monoisotopic (exact) mass is 229 g/mol. The summed E-state index contributed by atoms with van der Waals surface area (Å²) in [5.74, 6) is 0. The molecule has 0 aliphatic rings. The number of hydrogen-bond acceptors (Lipinski definition) is 2. The van der Waals surface area contributed by atoms with Crippen LogP contribution in [0.5, 0.6) is 0 Å². The summed E-state index contributed by atoms with van der Waals surface area (Å²) in [5.41, 5.74) is 1.96. The van der Waals surface area contributed by atoms with Crippen LogP contribution < -0.4 is 0 Å². The maximum Gasteiger partial charge on any atom is 0.101 e. The second-order valence-electron chi connectivity index (χ2n) is 3.18. The molecule has 1 aromatic carbocycles. The third-order valence-corrected chi connectivity index (χ3v) is 2.58. The van der Waals surface area contributed by atoms with Crippen LogP contribution in [0.4, 0.5) is 0 Å². The third-order valence-electron chi connectivity index (χ3n) is 2.17. The highest BCUT2D eigenvalue weighted by molar-refractivity contribution is 6.53. The molecule has 0 atom stereocenters. The fraction of sp³-hybridized carbons (Fsp3) is 0. The number of furan rings is 1. The molecule has 2 nitrogen and oxygen atoms in total. The molecule has 0 spiro atoms. The molecule has 0 unspecified atom stereocenters. The number of halogens is 1. The summed E-state index contributed by atoms with van der Waals surface area (Å²) in [5, 5.41) is 9.53. The van der Waals surface area contributed by atoms with Crippen molar-refractivity contribution < 1.29 is 4.42 Å². The van der Waals surface area contributed by atoms with E-state index in [-0.39, 0.29) is 0 Å². The highest BCUT2D eigenvalue weighted by Gasteiger charge is 2.09. The van der Waals surface area contributed by atoms with E-state index in [9.17, 15) is 0 Å². The quantitative estimate of drug-likeness (QED) is 0.732. The van der Waals surface area contributed by atoms with E-state index in [1.165, 1.54) is 12.5 Å². The van der Waals surface area contributed by atoms with Crippen molar-refractivity contribution in [3.63, 3.8) is 0 Å². The maximum atomic E-state index is 9.13. The first-order valence-corrected chi connectivity index (χ1v) is 5.08. The van der Waals surface area contributed by atoms with Crippen molar-refractivity contribution in [1.29, 1.82) is 5.26 Å². The Morgan fingerprint density at radius 3 is 2.44 bits per heavy atom. The highest BCUT2D eigenvalue weighted by atomic mass is 35.5. The van der Waals surface area contributed by atoms with Gasteiger partial charge in [0.15, 0.2) is 0 Å². The zero-order chi connectivity index (χ0) is 11.4. The van der Waals surface area contributed by atoms with Gasteiger partial charge < -0.3 is 4.42 Å². The fourth-order valence-corrected chi connectivity index (χ4v) is 1.64. The average molecular weight is 230 g/mol. The first kappa shape index (κ1) is 10.5. The molecule has 0 N–H and O–H groups in total. The summed E-state index contributed by atoms with van der Waals surface area (Å²) in [6, 6.07) is 13.2. The SMILES string of the molecule is N#CC(=C(Cl)c1ccoc1)c1ccccc1. The Morgan fingerprint density at radius 1 is 1.12 bits per heavy atom. The fourth-order valence-electron chi connectivity index (χ4n) is 1.38. The minimum Gasteiger partial charge on any atom is -0.472 e. The predicted molar refractivity (Wildman–Crippen MR) is 63.4 cm³/mol. The smallest absolute Gasteiger partial charge is 0.101 e. The van der Waals surface area contributed by atoms with Gasteiger partial charge in [0, 0.05) is 5.56 Å². The van der Waals surface area contributed by atoms with E-state index >= 15 is 0 Å². The third kappa shape index (κ3) is 2.00. The molecule has 16 heavy (non-hydrogen) atoms. The largest absolute Gasteiger partial charge is 0.472 e. The van der Waals surface area contributed by atoms with E-state index in [0.717, 1.165) is 5.56 Å². The Hall–Kier alpha value is -1.98. The Kier molecular flexibility index (Phi) is 3.09. The number of allylic oxidation sites excluding steroid dienone is 1. The maximum absolute atomic E-state index is 9.13. The van der Waals surface area contributed by atoms with E-state index in [1.54, 1.807) is 6.07 Å². The van der Waals surface area contributed by atoms with Crippen LogP contribution in [0.25, 0.3) is 10.6 Å². The van der Waals surface area contributed by atoms with Crippen molar-refractivity contribution in [3.8, 4) is 6.07 Å². The lowest BCUT2D eigenvalue weighted by Gasteiger charge is -2.01. The molecule has 0 saturated carbocycles. The summed E-state index contributed by atoms with van der Waals surface area (Å²) in [7, 11) is 0. The van der Waals surface area contributed by atoms with Gasteiger partial charge in [-0.25, -0.2) is 0 Å². The molecule has 0 bridgehead atoms. The van der Waals surface area contributed by atoms with Gasteiger partial charge in [-0.15, -0.1) is 0 Å². The minimum absolute atomic E-state index is 0.405. The van der Waals surface area contributed by atoms with Gasteiger partial charge in [-0.05, 0) is 11.6 Å². The van der Waals surface area contributed by atoms with Crippen molar-refractivity contribution in [1.82, 2.24) is 0 Å². The van der Waals surface area contributed by atoms with Gasteiger partial charge in [-0.3, -0.25) is 0 Å². The van der Waals surface area contributed by atoms with Gasteiger partial charge in [0.25, 0.3) is 0 Å². The average Bonchev–Trinajstić information content (AvgIpc) is 2.85. The molecule has 0 aliphatic carbocycles. The summed E-state index contributed by atoms with van der Waals surface area (Å²) < 4.78 is 4.94. The van der Waals surface area contributed by atoms with Crippen LogP contribution in [0, 0.1) is 11.3 Å². The van der Waals surface area contributed by atoms with E-state index in [4.69, 9.17) is 21.3 Å². The molecule has 0 saturated heterocycles. The van der Waals surface area contributed by atoms with Crippen LogP contribution >= 0.6 is 11.6 Å². The first-order chi connectivity index (χ1) is 7.83. The molecular formula is C13H8ClNO. The summed E-state index contributed by atoms with van der Waals surface area (Å²) >= 11 is 6.15. The lowest BCUT2D eigenvalue weighted by atomic mass is 10.1. The van der Waals surface area contributed by atoms with Crippen LogP contribution in [-0.4, -0.2) is 0 Å². The van der Waals surface area contributed by atoms with Crippen molar-refractivity contribution in [3.05, 3.63) is 60.1 Å². The number of nitriles is 1. The molecule has 0 aliphatic heterocycles. The van der Waals surface area contributed by atoms with Gasteiger partial charge in [-0.1, -0.05) is 41.9 Å². The van der Waals surface area contributed by atoms with Crippen LogP contribution in [0.15, 0.2) is 53.3 Å². The molecule has 1 aromatic heterocycles. The van der Waals surface area contributed by atoms with Crippen LogP contribution in [0.3, 0.4) is 0 Å². The van der Waals surface area contributed by atoms with Gasteiger partial charge in [0.2, 0.25) is 0 Å². The van der Waals surface area contributed by atoms with Gasteiger partial charge in [0.1, 0.15) is 6.07 Å². The van der Waals surface area contributed by atoms with E-state index in [1.807, 2.05) is 30.3 Å². The minimum atomic E-state index is 0.405. The molecule has 2 rings (SSSR count). The molecule has 3 heteroatoms. The molecular weight excluding hydrogens is 222 g/mol. The zero-order valence-corrected chi connectivity index (χ0v) is 9.11. The van der Waals surface area contributed by atoms with Crippen LogP contribution in [-0.2, 0) is 0 Å². The highest BCUT2D eigenvalue weighted by Crippen LogP contribution is 2.29. The first-order valence-electron chi connectivity index (χ1n) is 4.71. The Bertz CT molecular complexity index is 535. The van der Waals surface area contributed by atoms with Gasteiger partial charge in [-0.2, -0.15) is 5.26 Å². The lowest BCUT2D eigenvalue weighted by molar-refractivity contribution is 0.566.